The number of benzene rings is 2. The highest BCUT2D eigenvalue weighted by Gasteiger charge is 2.15. The van der Waals surface area contributed by atoms with Crippen LogP contribution >= 0.6 is 0 Å². The highest BCUT2D eigenvalue weighted by Crippen LogP contribution is 2.30. The van der Waals surface area contributed by atoms with Crippen LogP contribution in [0, 0.1) is 6.92 Å². The predicted octanol–water partition coefficient (Wildman–Crippen LogP) is 2.59. The molecule has 8 nitrogen and oxygen atoms in total. The minimum absolute atomic E-state index is 0.0108. The van der Waals surface area contributed by atoms with Gasteiger partial charge in [0.2, 0.25) is 5.96 Å². The molecular weight excluding hydrogens is 364 g/mol. The van der Waals surface area contributed by atoms with Gasteiger partial charge in [0, 0.05) is 17.3 Å². The molecular formula is C21H20N8. The fraction of sp³-hybridized carbons (Fsp3) is 0.0476. The van der Waals surface area contributed by atoms with Crippen LogP contribution in [0.25, 0.3) is 28.0 Å². The molecule has 2 aromatic heterocycles. The largest absolute Gasteiger partial charge is 0.370 e. The first-order valence-corrected chi connectivity index (χ1v) is 8.97. The van der Waals surface area contributed by atoms with Gasteiger partial charge < -0.3 is 17.2 Å². The molecule has 144 valence electrons. The van der Waals surface area contributed by atoms with Gasteiger partial charge in [-0.3, -0.25) is 0 Å². The molecule has 0 bridgehead atoms. The van der Waals surface area contributed by atoms with Gasteiger partial charge in [-0.05, 0) is 30.7 Å². The van der Waals surface area contributed by atoms with Gasteiger partial charge >= 0.3 is 0 Å². The molecule has 4 aromatic rings. The lowest BCUT2D eigenvalue weighted by atomic mass is 10.1. The molecule has 0 unspecified atom stereocenters. The monoisotopic (exact) mass is 384 g/mol. The number of hydrogen-bond donors (Lipinski definition) is 3. The minimum Gasteiger partial charge on any atom is -0.370 e. The molecule has 29 heavy (non-hydrogen) atoms. The van der Waals surface area contributed by atoms with E-state index in [1.165, 1.54) is 0 Å². The van der Waals surface area contributed by atoms with Crippen molar-refractivity contribution in [2.75, 3.05) is 0 Å². The van der Waals surface area contributed by atoms with E-state index in [2.05, 4.69) is 27.1 Å². The summed E-state index contributed by atoms with van der Waals surface area (Å²) < 4.78 is 1.85. The van der Waals surface area contributed by atoms with Crippen LogP contribution < -0.4 is 17.2 Å². The van der Waals surface area contributed by atoms with Crippen molar-refractivity contribution < 1.29 is 0 Å². The second-order valence-corrected chi connectivity index (χ2v) is 6.45. The molecule has 6 N–H and O–H groups in total. The lowest BCUT2D eigenvalue weighted by Gasteiger charge is -2.06. The molecule has 0 saturated heterocycles. The van der Waals surface area contributed by atoms with Crippen LogP contribution in [0.15, 0.2) is 76.8 Å². The third-order valence-electron chi connectivity index (χ3n) is 4.39. The number of guanidine groups is 2. The molecule has 2 heterocycles. The molecule has 0 saturated carbocycles. The number of hydrogen-bond acceptors (Lipinski definition) is 3. The molecule has 0 amide bonds. The Balaban J connectivity index is 1.84. The lowest BCUT2D eigenvalue weighted by Crippen LogP contribution is -2.26. The number of aliphatic imine (C=N–C) groups is 2. The van der Waals surface area contributed by atoms with Gasteiger partial charge in [-0.2, -0.15) is 10.1 Å². The standard InChI is InChI=1S/C21H20N8/c1-13-18(14-6-3-2-4-7-14)19-25-11-10-17(29(19)28-13)15-8-5-9-16(12-15)26-21(24)27-20(22)23/h2-12H,1H3,(H6,22,23,24,26,27). The zero-order chi connectivity index (χ0) is 20.4. The summed E-state index contributed by atoms with van der Waals surface area (Å²) in [5, 5.41) is 4.73. The number of nitrogens with zero attached hydrogens (tertiary/aromatic N) is 5. The van der Waals surface area contributed by atoms with Crippen molar-refractivity contribution >= 4 is 23.3 Å². The maximum absolute atomic E-state index is 5.75. The first-order chi connectivity index (χ1) is 14.0. The van der Waals surface area contributed by atoms with E-state index in [9.17, 15) is 0 Å². The third-order valence-corrected chi connectivity index (χ3v) is 4.39. The molecule has 0 radical (unpaired) electrons. The van der Waals surface area contributed by atoms with Gasteiger partial charge in [-0.1, -0.05) is 42.5 Å². The summed E-state index contributed by atoms with van der Waals surface area (Å²) >= 11 is 0. The summed E-state index contributed by atoms with van der Waals surface area (Å²) in [6, 6.07) is 19.6. The van der Waals surface area contributed by atoms with Crippen LogP contribution in [0.3, 0.4) is 0 Å². The Morgan fingerprint density at radius 1 is 0.931 bits per heavy atom. The highest BCUT2D eigenvalue weighted by atomic mass is 15.3. The quantitative estimate of drug-likeness (QED) is 0.369. The Morgan fingerprint density at radius 2 is 1.69 bits per heavy atom. The van der Waals surface area contributed by atoms with Crippen molar-refractivity contribution in [2.45, 2.75) is 6.92 Å². The van der Waals surface area contributed by atoms with Crippen molar-refractivity contribution in [1.82, 2.24) is 14.6 Å². The van der Waals surface area contributed by atoms with Gasteiger partial charge in [-0.25, -0.2) is 14.5 Å². The average molecular weight is 384 g/mol. The normalized spacial score (nSPS) is 11.6. The Kier molecular flexibility index (Phi) is 4.66. The summed E-state index contributed by atoms with van der Waals surface area (Å²) in [6.07, 6.45) is 1.78. The van der Waals surface area contributed by atoms with Gasteiger partial charge in [0.25, 0.3) is 0 Å². The number of aromatic nitrogens is 3. The molecule has 0 aliphatic rings. The molecule has 2 aromatic carbocycles. The Bertz CT molecular complexity index is 1230. The molecule has 4 rings (SSSR count). The summed E-state index contributed by atoms with van der Waals surface area (Å²) in [4.78, 5) is 12.6. The fourth-order valence-electron chi connectivity index (χ4n) is 3.24. The summed E-state index contributed by atoms with van der Waals surface area (Å²) in [7, 11) is 0. The Labute approximate surface area is 167 Å². The van der Waals surface area contributed by atoms with Crippen molar-refractivity contribution in [3.05, 3.63) is 72.6 Å². The summed E-state index contributed by atoms with van der Waals surface area (Å²) in [5.74, 6) is -0.151. The predicted molar refractivity (Wildman–Crippen MR) is 116 cm³/mol. The lowest BCUT2D eigenvalue weighted by molar-refractivity contribution is 0.925. The second kappa shape index (κ2) is 7.43. The van der Waals surface area contributed by atoms with Crippen LogP contribution in [0.4, 0.5) is 5.69 Å². The summed E-state index contributed by atoms with van der Waals surface area (Å²) in [5.41, 5.74) is 22.6. The van der Waals surface area contributed by atoms with Crippen molar-refractivity contribution in [3.8, 4) is 22.4 Å². The maximum Gasteiger partial charge on any atom is 0.223 e. The van der Waals surface area contributed by atoms with E-state index >= 15 is 0 Å². The average Bonchev–Trinajstić information content (AvgIpc) is 3.04. The third kappa shape index (κ3) is 3.63. The minimum atomic E-state index is -0.140. The first-order valence-electron chi connectivity index (χ1n) is 8.97. The van der Waals surface area contributed by atoms with Crippen molar-refractivity contribution in [3.63, 3.8) is 0 Å². The molecule has 0 aliphatic heterocycles. The zero-order valence-corrected chi connectivity index (χ0v) is 15.8. The molecule has 0 fully saturated rings. The van der Waals surface area contributed by atoms with Gasteiger partial charge in [0.1, 0.15) is 0 Å². The number of fused-ring (bicyclic) bond motifs is 1. The zero-order valence-electron chi connectivity index (χ0n) is 15.8. The maximum atomic E-state index is 5.75. The van der Waals surface area contributed by atoms with Crippen molar-refractivity contribution in [2.24, 2.45) is 27.2 Å². The van der Waals surface area contributed by atoms with Crippen LogP contribution in [0.5, 0.6) is 0 Å². The molecule has 8 heteroatoms. The van der Waals surface area contributed by atoms with E-state index in [0.717, 1.165) is 33.7 Å². The SMILES string of the molecule is Cc1nn2c(-c3cccc(N=C(N)N=C(N)N)c3)ccnc2c1-c1ccccc1. The van der Waals surface area contributed by atoms with Crippen LogP contribution in [-0.2, 0) is 0 Å². The van der Waals surface area contributed by atoms with E-state index in [4.69, 9.17) is 22.3 Å². The van der Waals surface area contributed by atoms with E-state index in [0.29, 0.717) is 5.69 Å². The van der Waals surface area contributed by atoms with Gasteiger partial charge in [0.05, 0.1) is 17.1 Å². The fourth-order valence-corrected chi connectivity index (χ4v) is 3.24. The second-order valence-electron chi connectivity index (χ2n) is 6.45. The molecule has 0 atom stereocenters. The Hall–Kier alpha value is -4.20. The Morgan fingerprint density at radius 3 is 2.45 bits per heavy atom. The first kappa shape index (κ1) is 18.2. The van der Waals surface area contributed by atoms with E-state index in [1.807, 2.05) is 60.0 Å². The smallest absolute Gasteiger partial charge is 0.223 e. The number of rotatable bonds is 3. The van der Waals surface area contributed by atoms with E-state index < -0.39 is 0 Å². The molecule has 0 spiro atoms. The number of aryl methyl sites for hydroxylation is 1. The van der Waals surface area contributed by atoms with Gasteiger partial charge in [-0.15, -0.1) is 0 Å². The van der Waals surface area contributed by atoms with Crippen LogP contribution in [0.2, 0.25) is 0 Å². The summed E-state index contributed by atoms with van der Waals surface area (Å²) in [6.45, 7) is 1.98. The van der Waals surface area contributed by atoms with E-state index in [-0.39, 0.29) is 11.9 Å². The highest BCUT2D eigenvalue weighted by molar-refractivity contribution is 5.93. The molecule has 0 aliphatic carbocycles. The number of nitrogens with two attached hydrogens (primary N) is 3. The van der Waals surface area contributed by atoms with Crippen LogP contribution in [-0.4, -0.2) is 26.5 Å². The van der Waals surface area contributed by atoms with Crippen LogP contribution in [0.1, 0.15) is 5.69 Å². The topological polar surface area (TPSA) is 133 Å². The van der Waals surface area contributed by atoms with E-state index in [1.54, 1.807) is 6.20 Å². The van der Waals surface area contributed by atoms with Gasteiger partial charge in [0.15, 0.2) is 11.6 Å². The van der Waals surface area contributed by atoms with Crippen molar-refractivity contribution in [1.29, 1.82) is 0 Å².